The number of nitrogens with zero attached hydrogens (tertiary/aromatic N) is 2. The molecule has 0 fully saturated rings. The van der Waals surface area contributed by atoms with Crippen LogP contribution in [0, 0.1) is 0 Å². The minimum absolute atomic E-state index is 1.21. The van der Waals surface area contributed by atoms with Gasteiger partial charge in [-0.05, 0) is 40.7 Å². The zero-order valence-corrected chi connectivity index (χ0v) is 20.8. The Labute approximate surface area is 205 Å². The van der Waals surface area contributed by atoms with Crippen LogP contribution in [0.5, 0.6) is 0 Å². The van der Waals surface area contributed by atoms with Gasteiger partial charge in [-0.1, -0.05) is 92.0 Å². The molecule has 35 heavy (non-hydrogen) atoms. The molecular weight excluding hydrogens is 440 g/mol. The van der Waals surface area contributed by atoms with Crippen LogP contribution in [0.2, 0.25) is 13.1 Å². The van der Waals surface area contributed by atoms with E-state index in [1.165, 1.54) is 65.5 Å². The van der Waals surface area contributed by atoms with Crippen molar-refractivity contribution < 1.29 is 0 Å². The molecule has 5 aromatic carbocycles. The molecule has 0 spiro atoms. The molecule has 8 rings (SSSR count). The maximum absolute atomic E-state index is 2.48. The molecule has 0 unspecified atom stereocenters. The predicted octanol–water partition coefficient (Wildman–Crippen LogP) is 7.44. The van der Waals surface area contributed by atoms with Crippen molar-refractivity contribution in [3.63, 3.8) is 0 Å². The summed E-state index contributed by atoms with van der Waals surface area (Å²) in [5.74, 6) is 0. The van der Waals surface area contributed by atoms with E-state index in [1.807, 2.05) is 0 Å². The quantitative estimate of drug-likeness (QED) is 0.229. The Bertz CT molecular complexity index is 1900. The Kier molecular flexibility index (Phi) is 3.59. The zero-order valence-electron chi connectivity index (χ0n) is 19.8. The van der Waals surface area contributed by atoms with Crippen molar-refractivity contribution in [3.8, 4) is 0 Å². The molecule has 2 aromatic heterocycles. The normalized spacial score (nSPS) is 14.7. The zero-order chi connectivity index (χ0) is 23.3. The maximum Gasteiger partial charge on any atom is 0.117 e. The molecule has 0 N–H and O–H groups in total. The van der Waals surface area contributed by atoms with Crippen LogP contribution in [0.3, 0.4) is 0 Å². The highest BCUT2D eigenvalue weighted by atomic mass is 28.3. The first-order chi connectivity index (χ1) is 17.1. The largest absolute Gasteiger partial charge is 0.311 e. The Morgan fingerprint density at radius 1 is 0.514 bits per heavy atom. The fraction of sp³-hybridized carbons (Fsp3) is 0.0625. The van der Waals surface area contributed by atoms with Gasteiger partial charge in [0, 0.05) is 38.6 Å². The van der Waals surface area contributed by atoms with Gasteiger partial charge in [-0.3, -0.25) is 0 Å². The van der Waals surface area contributed by atoms with E-state index in [4.69, 9.17) is 0 Å². The van der Waals surface area contributed by atoms with E-state index in [0.717, 1.165) is 0 Å². The van der Waals surface area contributed by atoms with Crippen LogP contribution in [0.4, 0.5) is 17.1 Å². The van der Waals surface area contributed by atoms with Crippen LogP contribution in [0.15, 0.2) is 109 Å². The van der Waals surface area contributed by atoms with Crippen LogP contribution in [0.1, 0.15) is 0 Å². The summed E-state index contributed by atoms with van der Waals surface area (Å²) >= 11 is 0. The molecule has 0 saturated heterocycles. The minimum atomic E-state index is -1.79. The average molecular weight is 465 g/mol. The Morgan fingerprint density at radius 2 is 1.09 bits per heavy atom. The van der Waals surface area contributed by atoms with Gasteiger partial charge in [0.1, 0.15) is 8.07 Å². The molecule has 1 aliphatic rings. The van der Waals surface area contributed by atoms with Gasteiger partial charge in [0.05, 0.1) is 16.6 Å². The smallest absolute Gasteiger partial charge is 0.117 e. The summed E-state index contributed by atoms with van der Waals surface area (Å²) < 4.78 is 2.47. The molecule has 7 aromatic rings. The van der Waals surface area contributed by atoms with E-state index in [1.54, 1.807) is 0 Å². The molecule has 0 saturated carbocycles. The Morgan fingerprint density at radius 3 is 1.80 bits per heavy atom. The van der Waals surface area contributed by atoms with Crippen LogP contribution < -0.4 is 15.3 Å². The molecule has 0 radical (unpaired) electrons. The second-order valence-corrected chi connectivity index (χ2v) is 14.6. The number of anilines is 3. The lowest BCUT2D eigenvalue weighted by atomic mass is 10.1. The van der Waals surface area contributed by atoms with Gasteiger partial charge in [0.25, 0.3) is 0 Å². The lowest BCUT2D eigenvalue weighted by molar-refractivity contribution is 1.28. The number of hydrogen-bond donors (Lipinski definition) is 0. The van der Waals surface area contributed by atoms with E-state index in [-0.39, 0.29) is 0 Å². The lowest BCUT2D eigenvalue weighted by Gasteiger charge is -2.41. The molecule has 0 amide bonds. The standard InChI is InChI=1S/C32H24N2Si/c1-35(2)30-16-7-5-14-27(30)33(28-15-6-8-17-31(28)35)21-18-19-23-25-12-9-11-24-22-10-3-4-13-26(22)34(32(24)25)29(23)20-21/h3-20H,1-2H3. The van der Waals surface area contributed by atoms with Gasteiger partial charge in [0.2, 0.25) is 0 Å². The van der Waals surface area contributed by atoms with E-state index in [9.17, 15) is 0 Å². The van der Waals surface area contributed by atoms with Crippen LogP contribution in [-0.4, -0.2) is 12.5 Å². The summed E-state index contributed by atoms with van der Waals surface area (Å²) in [7, 11) is -1.79. The number of fused-ring (bicyclic) bond motifs is 8. The Balaban J connectivity index is 1.48. The van der Waals surface area contributed by atoms with Gasteiger partial charge < -0.3 is 9.30 Å². The topological polar surface area (TPSA) is 7.65 Å². The summed E-state index contributed by atoms with van der Waals surface area (Å²) in [6.07, 6.45) is 0. The first kappa shape index (κ1) is 19.2. The van der Waals surface area contributed by atoms with Crippen molar-refractivity contribution in [2.45, 2.75) is 13.1 Å². The molecule has 0 bridgehead atoms. The van der Waals surface area contributed by atoms with Crippen LogP contribution in [-0.2, 0) is 0 Å². The molecule has 3 heterocycles. The fourth-order valence-corrected chi connectivity index (χ4v) is 9.49. The average Bonchev–Trinajstić information content (AvgIpc) is 3.41. The molecule has 3 heteroatoms. The van der Waals surface area contributed by atoms with Crippen molar-refractivity contribution in [2.75, 3.05) is 4.90 Å². The van der Waals surface area contributed by atoms with Gasteiger partial charge >= 0.3 is 0 Å². The summed E-state index contributed by atoms with van der Waals surface area (Å²) in [6, 6.07) is 40.6. The lowest BCUT2D eigenvalue weighted by Crippen LogP contribution is -2.58. The SMILES string of the molecule is C[Si]1(C)c2ccccc2N(c2ccc3c4cccc5c6ccccc6n(c3c2)c54)c2ccccc21. The van der Waals surface area contributed by atoms with Crippen molar-refractivity contribution >= 4 is 73.6 Å². The third-order valence-corrected chi connectivity index (χ3v) is 11.6. The highest BCUT2D eigenvalue weighted by Gasteiger charge is 2.38. The molecule has 166 valence electrons. The number of hydrogen-bond acceptors (Lipinski definition) is 1. The molecule has 2 nitrogen and oxygen atoms in total. The second-order valence-electron chi connectivity index (χ2n) is 10.3. The molecule has 0 aliphatic carbocycles. The maximum atomic E-state index is 2.48. The molecule has 1 aliphatic heterocycles. The number of aromatic nitrogens is 1. The summed E-state index contributed by atoms with van der Waals surface area (Å²) in [6.45, 7) is 4.95. The fourth-order valence-electron chi connectivity index (χ4n) is 6.51. The summed E-state index contributed by atoms with van der Waals surface area (Å²) in [5, 5.41) is 8.29. The van der Waals surface area contributed by atoms with Crippen LogP contribution >= 0.6 is 0 Å². The molecule has 0 atom stereocenters. The monoisotopic (exact) mass is 464 g/mol. The Hall–Kier alpha value is -4.08. The van der Waals surface area contributed by atoms with Gasteiger partial charge in [-0.2, -0.15) is 0 Å². The minimum Gasteiger partial charge on any atom is -0.311 e. The van der Waals surface area contributed by atoms with Crippen molar-refractivity contribution in [3.05, 3.63) is 109 Å². The highest BCUT2D eigenvalue weighted by molar-refractivity contribution is 7.02. The van der Waals surface area contributed by atoms with Gasteiger partial charge in [-0.15, -0.1) is 0 Å². The molecular formula is C32H24N2Si. The van der Waals surface area contributed by atoms with E-state index in [2.05, 4.69) is 132 Å². The summed E-state index contributed by atoms with van der Waals surface area (Å²) in [4.78, 5) is 2.48. The van der Waals surface area contributed by atoms with E-state index < -0.39 is 8.07 Å². The third-order valence-electron chi connectivity index (χ3n) is 8.10. The number of para-hydroxylation sites is 4. The van der Waals surface area contributed by atoms with Gasteiger partial charge in [-0.25, -0.2) is 0 Å². The number of rotatable bonds is 1. The van der Waals surface area contributed by atoms with E-state index in [0.29, 0.717) is 0 Å². The van der Waals surface area contributed by atoms with E-state index >= 15 is 0 Å². The number of benzene rings is 5. The van der Waals surface area contributed by atoms with Gasteiger partial charge in [0.15, 0.2) is 0 Å². The third kappa shape index (κ3) is 2.34. The van der Waals surface area contributed by atoms with Crippen molar-refractivity contribution in [2.24, 2.45) is 0 Å². The van der Waals surface area contributed by atoms with Crippen molar-refractivity contribution in [1.29, 1.82) is 0 Å². The van der Waals surface area contributed by atoms with Crippen LogP contribution in [0.25, 0.3) is 38.1 Å². The first-order valence-electron chi connectivity index (χ1n) is 12.3. The predicted molar refractivity (Wildman–Crippen MR) is 153 cm³/mol. The summed E-state index contributed by atoms with van der Waals surface area (Å²) in [5.41, 5.74) is 7.73. The first-order valence-corrected chi connectivity index (χ1v) is 15.3. The highest BCUT2D eigenvalue weighted by Crippen LogP contribution is 2.43. The second kappa shape index (κ2) is 6.53. The van der Waals surface area contributed by atoms with Crippen molar-refractivity contribution in [1.82, 2.24) is 4.40 Å².